The van der Waals surface area contributed by atoms with Crippen molar-refractivity contribution < 1.29 is 9.53 Å². The van der Waals surface area contributed by atoms with Gasteiger partial charge in [0.05, 0.1) is 5.41 Å². The molecule has 8 bridgehead atoms. The van der Waals surface area contributed by atoms with Crippen LogP contribution in [0.3, 0.4) is 0 Å². The monoisotopic (exact) mass is 330 g/mol. The number of hydrogen-bond donors (Lipinski definition) is 0. The van der Waals surface area contributed by atoms with Crippen molar-refractivity contribution in [2.75, 3.05) is 0 Å². The van der Waals surface area contributed by atoms with Crippen molar-refractivity contribution in [3.05, 3.63) is 0 Å². The molecule has 0 saturated heterocycles. The first-order valence-corrected chi connectivity index (χ1v) is 10.6. The predicted octanol–water partition coefficient (Wildman–Crippen LogP) is 5.06. The predicted molar refractivity (Wildman–Crippen MR) is 94.2 cm³/mol. The Morgan fingerprint density at radius 2 is 1.62 bits per heavy atom. The summed E-state index contributed by atoms with van der Waals surface area (Å²) in [5.74, 6) is 6.66. The van der Waals surface area contributed by atoms with Gasteiger partial charge in [0.1, 0.15) is 6.10 Å². The number of ether oxygens (including phenoxy) is 1. The van der Waals surface area contributed by atoms with E-state index in [2.05, 4.69) is 13.8 Å². The van der Waals surface area contributed by atoms with Crippen LogP contribution in [-0.4, -0.2) is 12.1 Å². The van der Waals surface area contributed by atoms with Gasteiger partial charge in [-0.25, -0.2) is 0 Å². The summed E-state index contributed by atoms with van der Waals surface area (Å²) in [6.45, 7) is 8.43. The van der Waals surface area contributed by atoms with Gasteiger partial charge in [-0.1, -0.05) is 6.92 Å². The molecular weight excluding hydrogens is 296 g/mol. The van der Waals surface area contributed by atoms with Crippen LogP contribution in [0.2, 0.25) is 0 Å². The lowest BCUT2D eigenvalue weighted by atomic mass is 9.30. The Hall–Kier alpha value is -0.530. The van der Waals surface area contributed by atoms with E-state index in [1.54, 1.807) is 0 Å². The molecule has 0 N–H and O–H groups in total. The van der Waals surface area contributed by atoms with E-state index in [1.807, 2.05) is 13.8 Å². The van der Waals surface area contributed by atoms with E-state index < -0.39 is 0 Å². The maximum atomic E-state index is 12.8. The van der Waals surface area contributed by atoms with E-state index in [0.717, 1.165) is 47.8 Å². The molecule has 2 heteroatoms. The van der Waals surface area contributed by atoms with Gasteiger partial charge in [-0.3, -0.25) is 4.79 Å². The van der Waals surface area contributed by atoms with Crippen molar-refractivity contribution in [2.45, 2.75) is 78.7 Å². The second-order valence-electron chi connectivity index (χ2n) is 10.7. The molecule has 7 rings (SSSR count). The first-order valence-electron chi connectivity index (χ1n) is 10.6. The van der Waals surface area contributed by atoms with Crippen LogP contribution >= 0.6 is 0 Å². The van der Waals surface area contributed by atoms with E-state index in [1.165, 1.54) is 38.5 Å². The Balaban J connectivity index is 1.47. The molecule has 7 fully saturated rings. The van der Waals surface area contributed by atoms with Gasteiger partial charge < -0.3 is 4.74 Å². The third-order valence-corrected chi connectivity index (χ3v) is 9.62. The number of esters is 1. The van der Waals surface area contributed by atoms with Crippen LogP contribution in [0.15, 0.2) is 0 Å². The standard InChI is InChI=1S/C22H34O2/c1-5-21(3,4)20(23)24-12(2)22-11-14-7-16-15-6-13(9-18(16)22)10-19(22)17(15)8-14/h12-19H,5-11H2,1-4H3. The SMILES string of the molecule is CCC(C)(C)C(=O)OC(C)C12CC3CC4C5CC(CC41)CC2C5C3. The van der Waals surface area contributed by atoms with Gasteiger partial charge in [0.25, 0.3) is 0 Å². The minimum atomic E-state index is -0.339. The fourth-order valence-electron chi connectivity index (χ4n) is 8.37. The van der Waals surface area contributed by atoms with Gasteiger partial charge in [-0.2, -0.15) is 0 Å². The molecule has 0 aliphatic heterocycles. The van der Waals surface area contributed by atoms with Crippen LogP contribution in [0.25, 0.3) is 0 Å². The molecular formula is C22H34O2. The highest BCUT2D eigenvalue weighted by molar-refractivity contribution is 5.76. The first-order chi connectivity index (χ1) is 11.4. The topological polar surface area (TPSA) is 26.3 Å². The molecule has 0 radical (unpaired) electrons. The summed E-state index contributed by atoms with van der Waals surface area (Å²) in [5, 5.41) is 0. The smallest absolute Gasteiger partial charge is 0.311 e. The summed E-state index contributed by atoms with van der Waals surface area (Å²) < 4.78 is 6.24. The quantitative estimate of drug-likeness (QED) is 0.673. The summed E-state index contributed by atoms with van der Waals surface area (Å²) in [7, 11) is 0. The van der Waals surface area contributed by atoms with Crippen LogP contribution in [0.1, 0.15) is 72.6 Å². The molecule has 5 unspecified atom stereocenters. The summed E-state index contributed by atoms with van der Waals surface area (Å²) in [4.78, 5) is 12.8. The third-order valence-electron chi connectivity index (χ3n) is 9.62. The highest BCUT2D eigenvalue weighted by Gasteiger charge is 2.71. The molecule has 0 heterocycles. The molecule has 0 amide bonds. The fraction of sp³-hybridized carbons (Fsp3) is 0.955. The lowest BCUT2D eigenvalue weighted by Gasteiger charge is -2.75. The normalized spacial score (nSPS) is 51.9. The number of carbonyl (C=O) groups is 1. The first kappa shape index (κ1) is 15.7. The zero-order valence-corrected chi connectivity index (χ0v) is 15.9. The molecule has 2 nitrogen and oxygen atoms in total. The van der Waals surface area contributed by atoms with Crippen molar-refractivity contribution in [3.8, 4) is 0 Å². The molecule has 0 aromatic carbocycles. The number of hydrogen-bond acceptors (Lipinski definition) is 2. The Labute approximate surface area is 147 Å². The van der Waals surface area contributed by atoms with Gasteiger partial charge in [-0.15, -0.1) is 0 Å². The minimum absolute atomic E-state index is 0.0384. The van der Waals surface area contributed by atoms with E-state index in [9.17, 15) is 4.79 Å². The van der Waals surface area contributed by atoms with E-state index in [0.29, 0.717) is 5.41 Å². The third kappa shape index (κ3) is 1.76. The van der Waals surface area contributed by atoms with Crippen LogP contribution in [0, 0.1) is 52.3 Å². The van der Waals surface area contributed by atoms with Gasteiger partial charge >= 0.3 is 5.97 Å². The lowest BCUT2D eigenvalue weighted by Crippen LogP contribution is -2.70. The maximum Gasteiger partial charge on any atom is 0.311 e. The maximum absolute atomic E-state index is 12.8. The zero-order valence-electron chi connectivity index (χ0n) is 15.9. The fourth-order valence-corrected chi connectivity index (χ4v) is 8.37. The Bertz CT molecular complexity index is 540. The highest BCUT2D eigenvalue weighted by Crippen LogP contribution is 2.77. The van der Waals surface area contributed by atoms with Gasteiger partial charge in [0, 0.05) is 5.41 Å². The van der Waals surface area contributed by atoms with Gasteiger partial charge in [0.2, 0.25) is 0 Å². The Morgan fingerprint density at radius 3 is 2.21 bits per heavy atom. The number of rotatable bonds is 4. The van der Waals surface area contributed by atoms with Crippen molar-refractivity contribution in [3.63, 3.8) is 0 Å². The van der Waals surface area contributed by atoms with Gasteiger partial charge in [-0.05, 0) is 107 Å². The number of carbonyl (C=O) groups excluding carboxylic acids is 1. The van der Waals surface area contributed by atoms with Crippen LogP contribution in [0.5, 0.6) is 0 Å². The summed E-state index contributed by atoms with van der Waals surface area (Å²) in [5.41, 5.74) is -0.00277. The summed E-state index contributed by atoms with van der Waals surface area (Å²) >= 11 is 0. The average molecular weight is 331 g/mol. The molecule has 134 valence electrons. The Morgan fingerprint density at radius 1 is 1.04 bits per heavy atom. The van der Waals surface area contributed by atoms with E-state index in [4.69, 9.17) is 4.74 Å². The average Bonchev–Trinajstić information content (AvgIpc) is 2.58. The van der Waals surface area contributed by atoms with Gasteiger partial charge in [0.15, 0.2) is 0 Å². The van der Waals surface area contributed by atoms with Crippen LogP contribution < -0.4 is 0 Å². The summed E-state index contributed by atoms with van der Waals surface area (Å²) in [6, 6.07) is 0. The molecule has 7 saturated carbocycles. The molecule has 7 aliphatic carbocycles. The molecule has 7 aliphatic rings. The summed E-state index contributed by atoms with van der Waals surface area (Å²) in [6.07, 6.45) is 9.74. The molecule has 5 atom stereocenters. The molecule has 0 aromatic rings. The van der Waals surface area contributed by atoms with Crippen LogP contribution in [0.4, 0.5) is 0 Å². The van der Waals surface area contributed by atoms with Crippen LogP contribution in [-0.2, 0) is 9.53 Å². The zero-order chi connectivity index (χ0) is 16.9. The molecule has 0 spiro atoms. The van der Waals surface area contributed by atoms with Crippen molar-refractivity contribution in [2.24, 2.45) is 52.3 Å². The molecule has 0 aromatic heterocycles. The van der Waals surface area contributed by atoms with E-state index >= 15 is 0 Å². The highest BCUT2D eigenvalue weighted by atomic mass is 16.5. The molecule has 24 heavy (non-hydrogen) atoms. The Kier molecular flexibility index (Phi) is 3.14. The van der Waals surface area contributed by atoms with Crippen molar-refractivity contribution in [1.82, 2.24) is 0 Å². The second-order valence-corrected chi connectivity index (χ2v) is 10.7. The van der Waals surface area contributed by atoms with Crippen molar-refractivity contribution >= 4 is 5.97 Å². The van der Waals surface area contributed by atoms with Crippen molar-refractivity contribution in [1.29, 1.82) is 0 Å². The van der Waals surface area contributed by atoms with E-state index in [-0.39, 0.29) is 17.5 Å². The second kappa shape index (κ2) is 4.80. The lowest BCUT2D eigenvalue weighted by molar-refractivity contribution is -0.286. The largest absolute Gasteiger partial charge is 0.462 e. The minimum Gasteiger partial charge on any atom is -0.462 e.